The molecule has 2 rings (SSSR count). The fourth-order valence-electron chi connectivity index (χ4n) is 3.19. The van der Waals surface area contributed by atoms with Crippen molar-refractivity contribution >= 4 is 19.1 Å². The molecule has 1 atom stereocenters. The van der Waals surface area contributed by atoms with Crippen LogP contribution < -0.4 is 4.74 Å². The molecule has 0 radical (unpaired) electrons. The zero-order chi connectivity index (χ0) is 22.5. The smallest absolute Gasteiger partial charge is 0.310 e. The molecule has 0 aromatic heterocycles. The average molecular weight is 436 g/mol. The van der Waals surface area contributed by atoms with Crippen molar-refractivity contribution in [1.29, 1.82) is 0 Å². The Kier molecular flexibility index (Phi) is 7.93. The van der Waals surface area contributed by atoms with Crippen LogP contribution in [-0.2, 0) is 18.7 Å². The zero-order valence-corrected chi connectivity index (χ0v) is 18.4. The molecular formula is C22H26FO6P. The van der Waals surface area contributed by atoms with E-state index in [1.807, 2.05) is 26.0 Å². The van der Waals surface area contributed by atoms with Crippen LogP contribution in [0.4, 0.5) is 4.39 Å². The van der Waals surface area contributed by atoms with Crippen LogP contribution in [0.5, 0.6) is 5.75 Å². The summed E-state index contributed by atoms with van der Waals surface area (Å²) in [5, 5.41) is 8.78. The van der Waals surface area contributed by atoms with E-state index in [2.05, 4.69) is 0 Å². The van der Waals surface area contributed by atoms with Gasteiger partial charge in [0.1, 0.15) is 18.0 Å². The third-order valence-electron chi connectivity index (χ3n) is 4.42. The van der Waals surface area contributed by atoms with Crippen LogP contribution in [0.2, 0.25) is 0 Å². The standard InChI is InChI=1S/C22H26FO6P/c1-5-29-30(27,12-18(24)11-21(25)26)13-28-22-16(4)8-14(2)9-19(22)17-6-7-20(23)15(3)10-17/h6-10H,5,11-13H2,1-4H3,(H,25,26). The second kappa shape index (κ2) is 10.0. The Labute approximate surface area is 175 Å². The molecule has 0 aliphatic carbocycles. The molecule has 30 heavy (non-hydrogen) atoms. The highest BCUT2D eigenvalue weighted by Crippen LogP contribution is 2.48. The molecule has 0 heterocycles. The van der Waals surface area contributed by atoms with E-state index in [-0.39, 0.29) is 18.8 Å². The van der Waals surface area contributed by atoms with Gasteiger partial charge in [-0.05, 0) is 68.1 Å². The van der Waals surface area contributed by atoms with E-state index in [9.17, 15) is 18.5 Å². The lowest BCUT2D eigenvalue weighted by Crippen LogP contribution is -2.16. The summed E-state index contributed by atoms with van der Waals surface area (Å²) in [5.41, 5.74) is 3.68. The summed E-state index contributed by atoms with van der Waals surface area (Å²) >= 11 is 0. The monoisotopic (exact) mass is 436 g/mol. The number of rotatable bonds is 10. The maximum Gasteiger partial charge on any atom is 0.310 e. The molecule has 162 valence electrons. The maximum absolute atomic E-state index is 13.7. The molecule has 8 heteroatoms. The molecule has 2 aromatic rings. The molecule has 0 saturated heterocycles. The van der Waals surface area contributed by atoms with Gasteiger partial charge in [0.05, 0.1) is 12.8 Å². The number of hydrogen-bond acceptors (Lipinski definition) is 5. The van der Waals surface area contributed by atoms with Crippen LogP contribution >= 0.6 is 7.37 Å². The lowest BCUT2D eigenvalue weighted by Gasteiger charge is -2.21. The minimum Gasteiger partial charge on any atom is -0.483 e. The number of aryl methyl sites for hydroxylation is 3. The number of ketones is 1. The van der Waals surface area contributed by atoms with Crippen LogP contribution in [-0.4, -0.2) is 36.0 Å². The van der Waals surface area contributed by atoms with Crippen molar-refractivity contribution < 1.29 is 32.9 Å². The SMILES string of the molecule is CCOP(=O)(COc1c(C)cc(C)cc1-c1ccc(F)c(C)c1)CC(=O)CC(=O)O. The van der Waals surface area contributed by atoms with E-state index in [0.717, 1.165) is 16.7 Å². The minimum atomic E-state index is -3.55. The minimum absolute atomic E-state index is 0.0951. The summed E-state index contributed by atoms with van der Waals surface area (Å²) in [7, 11) is -3.55. The summed E-state index contributed by atoms with van der Waals surface area (Å²) in [4.78, 5) is 22.7. The molecule has 0 spiro atoms. The summed E-state index contributed by atoms with van der Waals surface area (Å²) in [6.07, 6.45) is -1.60. The van der Waals surface area contributed by atoms with Gasteiger partial charge in [0.25, 0.3) is 0 Å². The molecule has 0 fully saturated rings. The summed E-state index contributed by atoms with van der Waals surface area (Å²) in [5.74, 6) is -1.83. The molecular weight excluding hydrogens is 410 g/mol. The predicted molar refractivity (Wildman–Crippen MR) is 113 cm³/mol. The normalized spacial score (nSPS) is 13.0. The number of halogens is 1. The Morgan fingerprint density at radius 2 is 1.80 bits per heavy atom. The fourth-order valence-corrected chi connectivity index (χ4v) is 4.90. The topological polar surface area (TPSA) is 89.9 Å². The molecule has 1 unspecified atom stereocenters. The van der Waals surface area contributed by atoms with Gasteiger partial charge in [-0.2, -0.15) is 0 Å². The summed E-state index contributed by atoms with van der Waals surface area (Å²) in [6.45, 7) is 7.16. The van der Waals surface area contributed by atoms with E-state index < -0.39 is 31.7 Å². The first-order valence-electron chi connectivity index (χ1n) is 9.51. The van der Waals surface area contributed by atoms with E-state index in [4.69, 9.17) is 14.4 Å². The Hall–Kier alpha value is -2.50. The number of benzene rings is 2. The number of carboxylic acid groups (broad SMARTS) is 1. The van der Waals surface area contributed by atoms with Crippen molar-refractivity contribution in [3.63, 3.8) is 0 Å². The van der Waals surface area contributed by atoms with Crippen molar-refractivity contribution in [1.82, 2.24) is 0 Å². The van der Waals surface area contributed by atoms with Crippen LogP contribution in [0, 0.1) is 26.6 Å². The largest absolute Gasteiger partial charge is 0.483 e. The van der Waals surface area contributed by atoms with Crippen LogP contribution in [0.1, 0.15) is 30.0 Å². The van der Waals surface area contributed by atoms with Gasteiger partial charge in [-0.25, -0.2) is 4.39 Å². The third kappa shape index (κ3) is 6.25. The number of ether oxygens (including phenoxy) is 1. The Balaban J connectivity index is 2.36. The zero-order valence-electron chi connectivity index (χ0n) is 17.5. The number of aliphatic carboxylic acids is 1. The third-order valence-corrected chi connectivity index (χ3v) is 6.51. The molecule has 0 amide bonds. The number of carbonyl (C=O) groups is 2. The molecule has 0 aliphatic heterocycles. The van der Waals surface area contributed by atoms with Crippen molar-refractivity contribution in [3.8, 4) is 16.9 Å². The lowest BCUT2D eigenvalue weighted by molar-refractivity contribution is -0.139. The average Bonchev–Trinajstić information content (AvgIpc) is 2.62. The highest BCUT2D eigenvalue weighted by Gasteiger charge is 2.29. The summed E-state index contributed by atoms with van der Waals surface area (Å²) < 4.78 is 38.0. The molecule has 1 N–H and O–H groups in total. The van der Waals surface area contributed by atoms with Gasteiger partial charge in [0.2, 0.25) is 7.37 Å². The van der Waals surface area contributed by atoms with Gasteiger partial charge in [0, 0.05) is 5.56 Å². The lowest BCUT2D eigenvalue weighted by atomic mass is 9.98. The van der Waals surface area contributed by atoms with Crippen LogP contribution in [0.3, 0.4) is 0 Å². The molecule has 6 nitrogen and oxygen atoms in total. The van der Waals surface area contributed by atoms with E-state index in [1.54, 1.807) is 26.0 Å². The first kappa shape index (κ1) is 23.8. The van der Waals surface area contributed by atoms with Gasteiger partial charge in [0.15, 0.2) is 12.1 Å². The van der Waals surface area contributed by atoms with Crippen molar-refractivity contribution in [2.24, 2.45) is 0 Å². The van der Waals surface area contributed by atoms with Crippen LogP contribution in [0.15, 0.2) is 30.3 Å². The van der Waals surface area contributed by atoms with Gasteiger partial charge < -0.3 is 14.4 Å². The summed E-state index contributed by atoms with van der Waals surface area (Å²) in [6, 6.07) is 8.51. The van der Waals surface area contributed by atoms with Gasteiger partial charge in [-0.3, -0.25) is 14.2 Å². The molecule has 0 saturated carbocycles. The fraction of sp³-hybridized carbons (Fsp3) is 0.364. The van der Waals surface area contributed by atoms with Gasteiger partial charge in [-0.15, -0.1) is 0 Å². The van der Waals surface area contributed by atoms with Gasteiger partial charge in [-0.1, -0.05) is 12.1 Å². The van der Waals surface area contributed by atoms with Crippen molar-refractivity contribution in [2.45, 2.75) is 34.1 Å². The van der Waals surface area contributed by atoms with Crippen molar-refractivity contribution in [3.05, 3.63) is 52.8 Å². The molecule has 0 aliphatic rings. The number of carboxylic acids is 1. The quantitative estimate of drug-likeness (QED) is 0.411. The highest BCUT2D eigenvalue weighted by molar-refractivity contribution is 7.59. The van der Waals surface area contributed by atoms with E-state index >= 15 is 0 Å². The first-order chi connectivity index (χ1) is 14.0. The Morgan fingerprint density at radius 3 is 2.40 bits per heavy atom. The van der Waals surface area contributed by atoms with Crippen LogP contribution in [0.25, 0.3) is 11.1 Å². The molecule has 2 aromatic carbocycles. The number of carbonyl (C=O) groups excluding carboxylic acids is 1. The highest BCUT2D eigenvalue weighted by atomic mass is 31.2. The Morgan fingerprint density at radius 1 is 1.10 bits per heavy atom. The Bertz CT molecular complexity index is 1000. The van der Waals surface area contributed by atoms with E-state index in [0.29, 0.717) is 16.9 Å². The second-order valence-corrected chi connectivity index (χ2v) is 9.66. The number of Topliss-reactive ketones (excluding diaryl/α,β-unsaturated/α-hetero) is 1. The molecule has 0 bridgehead atoms. The predicted octanol–water partition coefficient (Wildman–Crippen LogP) is 5.11. The van der Waals surface area contributed by atoms with Crippen molar-refractivity contribution in [2.75, 3.05) is 19.1 Å². The number of hydrogen-bond donors (Lipinski definition) is 1. The maximum atomic E-state index is 13.7. The first-order valence-corrected chi connectivity index (χ1v) is 11.5. The second-order valence-electron chi connectivity index (χ2n) is 7.20. The van der Waals surface area contributed by atoms with Gasteiger partial charge >= 0.3 is 5.97 Å². The van der Waals surface area contributed by atoms with E-state index in [1.165, 1.54) is 6.07 Å².